The van der Waals surface area contributed by atoms with Gasteiger partial charge in [-0.1, -0.05) is 6.07 Å². The molecule has 3 rings (SSSR count). The van der Waals surface area contributed by atoms with Gasteiger partial charge in [-0.3, -0.25) is 0 Å². The van der Waals surface area contributed by atoms with Crippen molar-refractivity contribution in [2.24, 2.45) is 0 Å². The Morgan fingerprint density at radius 3 is 2.74 bits per heavy atom. The van der Waals surface area contributed by atoms with Crippen molar-refractivity contribution < 1.29 is 9.13 Å². The minimum Gasteiger partial charge on any atom is -0.424 e. The highest BCUT2D eigenvalue weighted by molar-refractivity contribution is 5.25. The Bertz CT molecular complexity index is 555. The summed E-state index contributed by atoms with van der Waals surface area (Å²) in [5.74, 6) is 0.0478. The topological polar surface area (TPSA) is 47.0 Å². The van der Waals surface area contributed by atoms with E-state index in [0.29, 0.717) is 11.8 Å². The van der Waals surface area contributed by atoms with E-state index >= 15 is 0 Å². The zero-order valence-corrected chi connectivity index (χ0v) is 10.3. The molecule has 1 aromatic carbocycles. The second-order valence-corrected chi connectivity index (χ2v) is 4.59. The van der Waals surface area contributed by atoms with Crippen molar-refractivity contribution >= 4 is 0 Å². The van der Waals surface area contributed by atoms with Crippen LogP contribution in [-0.2, 0) is 6.54 Å². The van der Waals surface area contributed by atoms with E-state index < -0.39 is 0 Å². The third-order valence-electron chi connectivity index (χ3n) is 2.86. The van der Waals surface area contributed by atoms with Crippen LogP contribution in [0.4, 0.5) is 4.39 Å². The second-order valence-electron chi connectivity index (χ2n) is 4.59. The molecule has 0 saturated heterocycles. The molecule has 5 heteroatoms. The predicted octanol–water partition coefficient (Wildman–Crippen LogP) is 2.66. The minimum atomic E-state index is -0.345. The Balaban J connectivity index is 1.61. The summed E-state index contributed by atoms with van der Waals surface area (Å²) < 4.78 is 18.4. The molecule has 0 spiro atoms. The Kier molecular flexibility index (Phi) is 3.37. The first-order valence-electron chi connectivity index (χ1n) is 6.27. The number of ether oxygens (including phenoxy) is 1. The lowest BCUT2D eigenvalue weighted by Crippen LogP contribution is -2.15. The fourth-order valence-electron chi connectivity index (χ4n) is 1.67. The van der Waals surface area contributed by atoms with Gasteiger partial charge >= 0.3 is 6.01 Å². The summed E-state index contributed by atoms with van der Waals surface area (Å²) in [7, 11) is 0. The van der Waals surface area contributed by atoms with E-state index in [-0.39, 0.29) is 11.8 Å². The van der Waals surface area contributed by atoms with Crippen molar-refractivity contribution in [1.29, 1.82) is 0 Å². The van der Waals surface area contributed by atoms with E-state index in [0.717, 1.165) is 12.1 Å². The average Bonchev–Trinajstić information content (AvgIpc) is 3.22. The molecule has 4 nitrogen and oxygen atoms in total. The van der Waals surface area contributed by atoms with Gasteiger partial charge in [0, 0.05) is 36.6 Å². The van der Waals surface area contributed by atoms with E-state index in [1.54, 1.807) is 24.5 Å². The van der Waals surface area contributed by atoms with Gasteiger partial charge < -0.3 is 10.1 Å². The molecule has 98 valence electrons. The smallest absolute Gasteiger partial charge is 0.321 e. The number of nitrogens with zero attached hydrogens (tertiary/aromatic N) is 2. The highest BCUT2D eigenvalue weighted by atomic mass is 19.1. The zero-order valence-electron chi connectivity index (χ0n) is 10.3. The molecular weight excluding hydrogens is 245 g/mol. The Morgan fingerprint density at radius 2 is 2.05 bits per heavy atom. The maximum atomic E-state index is 13.0. The molecule has 0 radical (unpaired) electrons. The number of benzene rings is 1. The van der Waals surface area contributed by atoms with Gasteiger partial charge in [0.25, 0.3) is 0 Å². The molecule has 0 bridgehead atoms. The van der Waals surface area contributed by atoms with Gasteiger partial charge in [0.1, 0.15) is 11.6 Å². The lowest BCUT2D eigenvalue weighted by atomic mass is 10.3. The zero-order chi connectivity index (χ0) is 13.1. The van der Waals surface area contributed by atoms with Crippen LogP contribution < -0.4 is 10.1 Å². The van der Waals surface area contributed by atoms with Crippen molar-refractivity contribution in [3.05, 3.63) is 48.0 Å². The molecule has 1 saturated carbocycles. The predicted molar refractivity (Wildman–Crippen MR) is 68.4 cm³/mol. The van der Waals surface area contributed by atoms with Crippen molar-refractivity contribution in [2.75, 3.05) is 0 Å². The van der Waals surface area contributed by atoms with Gasteiger partial charge in [-0.25, -0.2) is 14.4 Å². The fraction of sp³-hybridized carbons (Fsp3) is 0.286. The Labute approximate surface area is 110 Å². The third kappa shape index (κ3) is 3.48. The first-order valence-corrected chi connectivity index (χ1v) is 6.27. The molecule has 0 atom stereocenters. The fourth-order valence-corrected chi connectivity index (χ4v) is 1.67. The van der Waals surface area contributed by atoms with Gasteiger partial charge in [0.15, 0.2) is 0 Å². The Hall–Kier alpha value is -2.01. The number of nitrogens with one attached hydrogen (secondary N) is 1. The van der Waals surface area contributed by atoms with Crippen LogP contribution in [0.3, 0.4) is 0 Å². The third-order valence-corrected chi connectivity index (χ3v) is 2.86. The SMILES string of the molecule is Fc1cccc(Oc2ncc(CNC3CC3)cn2)c1. The summed E-state index contributed by atoms with van der Waals surface area (Å²) in [5, 5.41) is 3.38. The van der Waals surface area contributed by atoms with Gasteiger partial charge in [-0.2, -0.15) is 0 Å². The van der Waals surface area contributed by atoms with Crippen LogP contribution in [0.25, 0.3) is 0 Å². The summed E-state index contributed by atoms with van der Waals surface area (Å²) in [6, 6.07) is 6.78. The number of halogens is 1. The molecule has 1 heterocycles. The maximum Gasteiger partial charge on any atom is 0.321 e. The molecule has 19 heavy (non-hydrogen) atoms. The number of hydrogen-bond donors (Lipinski definition) is 1. The normalized spacial score (nSPS) is 14.4. The van der Waals surface area contributed by atoms with Crippen LogP contribution in [0.5, 0.6) is 11.8 Å². The lowest BCUT2D eigenvalue weighted by Gasteiger charge is -2.05. The molecule has 0 unspecified atom stereocenters. The summed E-state index contributed by atoms with van der Waals surface area (Å²) in [6.45, 7) is 0.769. The standard InChI is InChI=1S/C14H14FN3O/c15-11-2-1-3-13(6-11)19-14-17-8-10(9-18-14)7-16-12-4-5-12/h1-3,6,8-9,12,16H,4-5,7H2. The van der Waals surface area contributed by atoms with E-state index in [1.165, 1.54) is 25.0 Å². The van der Waals surface area contributed by atoms with E-state index in [2.05, 4.69) is 15.3 Å². The number of aromatic nitrogens is 2. The van der Waals surface area contributed by atoms with Crippen LogP contribution in [0.1, 0.15) is 18.4 Å². The highest BCUT2D eigenvalue weighted by Gasteiger charge is 2.19. The average molecular weight is 259 g/mol. The molecule has 1 aliphatic rings. The Morgan fingerprint density at radius 1 is 1.26 bits per heavy atom. The van der Waals surface area contributed by atoms with Crippen molar-refractivity contribution in [3.63, 3.8) is 0 Å². The van der Waals surface area contributed by atoms with Crippen LogP contribution in [0, 0.1) is 5.82 Å². The summed E-state index contributed by atoms with van der Waals surface area (Å²) in [5.41, 5.74) is 1.01. The molecule has 0 amide bonds. The molecule has 0 aliphatic heterocycles. The van der Waals surface area contributed by atoms with Gasteiger partial charge in [0.05, 0.1) is 0 Å². The molecular formula is C14H14FN3O. The van der Waals surface area contributed by atoms with Crippen molar-refractivity contribution in [1.82, 2.24) is 15.3 Å². The van der Waals surface area contributed by atoms with Crippen molar-refractivity contribution in [2.45, 2.75) is 25.4 Å². The van der Waals surface area contributed by atoms with Gasteiger partial charge in [-0.15, -0.1) is 0 Å². The van der Waals surface area contributed by atoms with Gasteiger partial charge in [-0.05, 0) is 25.0 Å². The summed E-state index contributed by atoms with van der Waals surface area (Å²) >= 11 is 0. The minimum absolute atomic E-state index is 0.223. The molecule has 1 aliphatic carbocycles. The van der Waals surface area contributed by atoms with Crippen LogP contribution >= 0.6 is 0 Å². The van der Waals surface area contributed by atoms with Crippen LogP contribution in [0.15, 0.2) is 36.7 Å². The second kappa shape index (κ2) is 5.32. The summed E-state index contributed by atoms with van der Waals surface area (Å²) in [4.78, 5) is 8.21. The van der Waals surface area contributed by atoms with E-state index in [9.17, 15) is 4.39 Å². The van der Waals surface area contributed by atoms with Crippen molar-refractivity contribution in [3.8, 4) is 11.8 Å². The first-order chi connectivity index (χ1) is 9.29. The lowest BCUT2D eigenvalue weighted by molar-refractivity contribution is 0.437. The highest BCUT2D eigenvalue weighted by Crippen LogP contribution is 2.20. The van der Waals surface area contributed by atoms with Gasteiger partial charge in [0.2, 0.25) is 0 Å². The summed E-state index contributed by atoms with van der Waals surface area (Å²) in [6.07, 6.45) is 5.94. The number of hydrogen-bond acceptors (Lipinski definition) is 4. The van der Waals surface area contributed by atoms with Crippen LogP contribution in [-0.4, -0.2) is 16.0 Å². The van der Waals surface area contributed by atoms with Crippen LogP contribution in [0.2, 0.25) is 0 Å². The van der Waals surface area contributed by atoms with E-state index in [1.807, 2.05) is 0 Å². The maximum absolute atomic E-state index is 13.0. The molecule has 1 aromatic heterocycles. The number of rotatable bonds is 5. The van der Waals surface area contributed by atoms with E-state index in [4.69, 9.17) is 4.74 Å². The first kappa shape index (κ1) is 12.0. The largest absolute Gasteiger partial charge is 0.424 e. The molecule has 1 N–H and O–H groups in total. The molecule has 2 aromatic rings. The quantitative estimate of drug-likeness (QED) is 0.896. The monoisotopic (exact) mass is 259 g/mol. The molecule has 1 fully saturated rings.